The second kappa shape index (κ2) is 9.44. The number of alkyl halides is 3. The Kier molecular flexibility index (Phi) is 6.69. The monoisotopic (exact) mass is 583 g/mol. The summed E-state index contributed by atoms with van der Waals surface area (Å²) in [4.78, 5) is 41.8. The summed E-state index contributed by atoms with van der Waals surface area (Å²) < 4.78 is 84.2. The maximum atomic E-state index is 13.9. The minimum Gasteiger partial charge on any atom is -0.456 e. The molecule has 1 N–H and O–H groups in total. The van der Waals surface area contributed by atoms with Gasteiger partial charge in [-0.25, -0.2) is 4.79 Å². The topological polar surface area (TPSA) is 127 Å². The highest BCUT2D eigenvalue weighted by Crippen LogP contribution is 2.60. The minimum absolute atomic E-state index is 0.235. The number of halogens is 3. The number of carbonyl (C=O) groups is 3. The first-order chi connectivity index (χ1) is 18.5. The number of fused-ring (bicyclic) bond motifs is 2. The van der Waals surface area contributed by atoms with Crippen LogP contribution in [0.2, 0.25) is 0 Å². The van der Waals surface area contributed by atoms with Crippen molar-refractivity contribution in [2.45, 2.75) is 57.2 Å². The van der Waals surface area contributed by atoms with Gasteiger partial charge in [-0.15, -0.1) is 0 Å². The van der Waals surface area contributed by atoms with Crippen LogP contribution in [0.1, 0.15) is 37.6 Å². The molecule has 2 aromatic carbocycles. The zero-order valence-corrected chi connectivity index (χ0v) is 22.6. The lowest BCUT2D eigenvalue weighted by Crippen LogP contribution is -2.54. The summed E-state index contributed by atoms with van der Waals surface area (Å²) in [6.07, 6.45) is -6.11. The molecule has 0 radical (unpaired) electrons. The zero-order chi connectivity index (χ0) is 29.4. The van der Waals surface area contributed by atoms with Crippen LogP contribution in [0.4, 0.5) is 13.2 Å². The van der Waals surface area contributed by atoms with Gasteiger partial charge in [-0.05, 0) is 49.9 Å². The summed E-state index contributed by atoms with van der Waals surface area (Å²) in [5, 5.41) is 1.41. The first kappa shape index (κ1) is 28.3. The molecule has 3 aliphatic rings. The van der Waals surface area contributed by atoms with Crippen LogP contribution in [0, 0.1) is 23.7 Å². The third-order valence-electron chi connectivity index (χ3n) is 8.38. The first-order valence-electron chi connectivity index (χ1n) is 12.8. The van der Waals surface area contributed by atoms with Gasteiger partial charge in [0.15, 0.2) is 0 Å². The lowest BCUT2D eigenvalue weighted by Gasteiger charge is -2.37. The molecule has 1 amide bonds. The molecule has 2 aromatic rings. The molecule has 7 unspecified atom stereocenters. The maximum absolute atomic E-state index is 13.9. The van der Waals surface area contributed by atoms with Crippen molar-refractivity contribution in [1.29, 1.82) is 0 Å². The molecule has 0 spiro atoms. The van der Waals surface area contributed by atoms with Crippen LogP contribution in [0.3, 0.4) is 0 Å². The van der Waals surface area contributed by atoms with Gasteiger partial charge < -0.3 is 14.4 Å². The molecule has 3 fully saturated rings. The van der Waals surface area contributed by atoms with Crippen LogP contribution in [0.25, 0.3) is 10.8 Å². The van der Waals surface area contributed by atoms with Gasteiger partial charge in [0.1, 0.15) is 11.9 Å². The summed E-state index contributed by atoms with van der Waals surface area (Å²) in [7, 11) is -5.20. The number of hydrogen-bond donors (Lipinski definition) is 1. The second-order valence-electron chi connectivity index (χ2n) is 11.2. The van der Waals surface area contributed by atoms with Crippen LogP contribution >= 0.6 is 0 Å². The van der Waals surface area contributed by atoms with Crippen LogP contribution < -0.4 is 0 Å². The fraction of sp³-hybridized carbons (Fsp3) is 0.519. The summed E-state index contributed by atoms with van der Waals surface area (Å²) in [6, 6.07) is 11.3. The zero-order valence-electron chi connectivity index (χ0n) is 21.8. The Morgan fingerprint density at radius 2 is 1.75 bits per heavy atom. The number of hydrogen-bond acceptors (Lipinski definition) is 7. The first-order valence-corrected chi connectivity index (χ1v) is 14.4. The van der Waals surface area contributed by atoms with Crippen molar-refractivity contribution in [2.24, 2.45) is 23.7 Å². The highest BCUT2D eigenvalue weighted by Gasteiger charge is 2.72. The molecular weight excluding hydrogens is 555 g/mol. The molecule has 7 atom stereocenters. The van der Waals surface area contributed by atoms with Crippen LogP contribution in [0.15, 0.2) is 42.5 Å². The van der Waals surface area contributed by atoms with Gasteiger partial charge in [0.05, 0.1) is 23.4 Å². The van der Waals surface area contributed by atoms with E-state index in [1.54, 1.807) is 38.1 Å². The number of likely N-dealkylation sites (tertiary alicyclic amines) is 1. The summed E-state index contributed by atoms with van der Waals surface area (Å²) >= 11 is 0. The normalized spacial score (nSPS) is 29.2. The van der Waals surface area contributed by atoms with Crippen molar-refractivity contribution in [2.75, 3.05) is 5.75 Å². The van der Waals surface area contributed by atoms with E-state index in [1.165, 1.54) is 4.90 Å². The average molecular weight is 584 g/mol. The van der Waals surface area contributed by atoms with Crippen molar-refractivity contribution in [1.82, 2.24) is 4.90 Å². The van der Waals surface area contributed by atoms with Gasteiger partial charge in [0, 0.05) is 12.0 Å². The molecule has 1 heterocycles. The molecule has 216 valence electrons. The smallest absolute Gasteiger partial charge is 0.429 e. The third kappa shape index (κ3) is 4.52. The molecule has 2 aliphatic carbocycles. The van der Waals surface area contributed by atoms with Gasteiger partial charge in [-0.1, -0.05) is 36.4 Å². The Balaban J connectivity index is 1.49. The number of benzene rings is 2. The summed E-state index contributed by atoms with van der Waals surface area (Å²) in [5.41, 5.74) is -3.30. The SMILES string of the molecule is CC(C)N1C(=O)C2C3CC(C(OC(=O)c4cccc5ccccc45)C31)C2C(=O)OC(C)(CS(=O)(=O)O)C(F)(F)F. The number of ether oxygens (including phenoxy) is 2. The Morgan fingerprint density at radius 1 is 1.10 bits per heavy atom. The molecule has 0 aromatic heterocycles. The van der Waals surface area contributed by atoms with Crippen molar-refractivity contribution < 1.29 is 50.0 Å². The Hall–Kier alpha value is -3.19. The van der Waals surface area contributed by atoms with E-state index in [9.17, 15) is 36.0 Å². The van der Waals surface area contributed by atoms with Crippen LogP contribution in [-0.4, -0.2) is 71.4 Å². The fourth-order valence-corrected chi connectivity index (χ4v) is 7.74. The predicted octanol–water partition coefficient (Wildman–Crippen LogP) is 3.62. The molecule has 1 saturated heterocycles. The van der Waals surface area contributed by atoms with Gasteiger partial charge >= 0.3 is 18.1 Å². The van der Waals surface area contributed by atoms with Gasteiger partial charge in [0.25, 0.3) is 10.1 Å². The fourth-order valence-electron chi connectivity index (χ4n) is 6.82. The summed E-state index contributed by atoms with van der Waals surface area (Å²) in [6.45, 7) is 3.85. The standard InChI is InChI=1S/C27H28F3NO8S/c1-13(2)31-21-17-11-18(22(21)38-24(33)16-10-6-8-14-7-4-5-9-15(14)16)20(19(17)23(31)32)25(34)39-26(3,27(28,29)30)12-40(35,36)37/h4-10,13,17-22H,11-12H2,1-3H3,(H,35,36,37). The molecular formula is C27H28F3NO8S. The molecule has 2 saturated carbocycles. The molecule has 1 aliphatic heterocycles. The predicted molar refractivity (Wildman–Crippen MR) is 134 cm³/mol. The van der Waals surface area contributed by atoms with Gasteiger partial charge in [0.2, 0.25) is 11.5 Å². The van der Waals surface area contributed by atoms with E-state index >= 15 is 0 Å². The van der Waals surface area contributed by atoms with Gasteiger partial charge in [-0.2, -0.15) is 21.6 Å². The van der Waals surface area contributed by atoms with E-state index in [-0.39, 0.29) is 18.0 Å². The Bertz CT molecular complexity index is 1490. The molecule has 40 heavy (non-hydrogen) atoms. The van der Waals surface area contributed by atoms with E-state index in [0.29, 0.717) is 12.3 Å². The van der Waals surface area contributed by atoms with E-state index in [2.05, 4.69) is 0 Å². The largest absolute Gasteiger partial charge is 0.456 e. The number of carbonyl (C=O) groups excluding carboxylic acids is 3. The number of rotatable bonds is 7. The third-order valence-corrected chi connectivity index (χ3v) is 9.29. The quantitative estimate of drug-likeness (QED) is 0.387. The van der Waals surface area contributed by atoms with Crippen molar-refractivity contribution >= 4 is 38.7 Å². The average Bonchev–Trinajstić information content (AvgIpc) is 3.44. The van der Waals surface area contributed by atoms with E-state index in [4.69, 9.17) is 14.0 Å². The van der Waals surface area contributed by atoms with Crippen LogP contribution in [0.5, 0.6) is 0 Å². The van der Waals surface area contributed by atoms with E-state index in [0.717, 1.165) is 5.39 Å². The van der Waals surface area contributed by atoms with Crippen molar-refractivity contribution in [3.8, 4) is 0 Å². The molecule has 9 nitrogen and oxygen atoms in total. The summed E-state index contributed by atoms with van der Waals surface area (Å²) in [5.74, 6) is -8.19. The van der Waals surface area contributed by atoms with Gasteiger partial charge in [-0.3, -0.25) is 14.1 Å². The van der Waals surface area contributed by atoms with Crippen molar-refractivity contribution in [3.05, 3.63) is 48.0 Å². The maximum Gasteiger partial charge on any atom is 0.429 e. The number of esters is 2. The highest BCUT2D eigenvalue weighted by atomic mass is 32.2. The number of amides is 1. The van der Waals surface area contributed by atoms with Crippen LogP contribution in [-0.2, 0) is 29.2 Å². The lowest BCUT2D eigenvalue weighted by molar-refractivity contribution is -0.259. The number of nitrogens with zero attached hydrogens (tertiary/aromatic N) is 1. The van der Waals surface area contributed by atoms with E-state index in [1.807, 2.05) is 18.2 Å². The molecule has 5 rings (SSSR count). The Labute approximate surface area is 228 Å². The minimum atomic E-state index is -5.34. The Morgan fingerprint density at radius 3 is 2.38 bits per heavy atom. The lowest BCUT2D eigenvalue weighted by atomic mass is 9.78. The highest BCUT2D eigenvalue weighted by molar-refractivity contribution is 7.85. The second-order valence-corrected chi connectivity index (χ2v) is 12.7. The van der Waals surface area contributed by atoms with E-state index < -0.39 is 81.3 Å². The molecule has 13 heteroatoms. The molecule has 2 bridgehead atoms. The van der Waals surface area contributed by atoms with Crippen molar-refractivity contribution in [3.63, 3.8) is 0 Å².